The van der Waals surface area contributed by atoms with Crippen molar-refractivity contribution >= 4 is 44.7 Å². The molecule has 15 nitrogen and oxygen atoms in total. The smallest absolute Gasteiger partial charge is 0.408 e. The number of carbonyl (C=O) groups excluding carboxylic acids is 4. The Balaban J connectivity index is 1.36. The van der Waals surface area contributed by atoms with E-state index in [1.165, 1.54) is 11.1 Å². The van der Waals surface area contributed by atoms with Crippen LogP contribution in [0.5, 0.6) is 11.5 Å². The van der Waals surface area contributed by atoms with E-state index in [1.807, 2.05) is 19.1 Å². The van der Waals surface area contributed by atoms with Gasteiger partial charge >= 0.3 is 6.09 Å². The Morgan fingerprint density at radius 1 is 1.15 bits per heavy atom. The summed E-state index contributed by atoms with van der Waals surface area (Å²) in [4.78, 5) is 58.1. The van der Waals surface area contributed by atoms with Gasteiger partial charge < -0.3 is 29.7 Å². The first kappa shape index (κ1) is 40.2. The van der Waals surface area contributed by atoms with Gasteiger partial charge in [-0.05, 0) is 90.2 Å². The molecule has 0 bridgehead atoms. The van der Waals surface area contributed by atoms with Gasteiger partial charge in [0.15, 0.2) is 0 Å². The van der Waals surface area contributed by atoms with Crippen molar-refractivity contribution in [3.8, 4) is 11.5 Å². The summed E-state index contributed by atoms with van der Waals surface area (Å²) in [5.41, 5.74) is -1.83. The molecule has 0 spiro atoms. The van der Waals surface area contributed by atoms with Crippen molar-refractivity contribution in [1.82, 2.24) is 30.5 Å². The van der Waals surface area contributed by atoms with E-state index >= 15 is 0 Å². The van der Waals surface area contributed by atoms with Crippen LogP contribution in [0.2, 0.25) is 0 Å². The predicted octanol–water partition coefficient (Wildman–Crippen LogP) is 4.16. The molecule has 1 saturated heterocycles. The standard InChI is InChI=1S/C39H54N6O9S/c1-8-24-17-23(2)11-9-10-12-25-20-39(25,35(48)44-55(50,51)38(6)15-16-38)42-33(46)30-19-27(22-45(30)34(47)32(24)41-36(49)54-37(3,4)5)53-31-21-40-43-29-18-26(52-7)13-14-28(29)31/h10,12-14,18,21,23-25,27,30,32H,8-9,11,15-17,19-20,22H2,1-7H3,(H,41,49)(H,42,46)(H,44,48)/b12-10-/t23-,24-,25?,27-,30+,32+,39-/m1/s1. The molecule has 2 saturated carbocycles. The minimum Gasteiger partial charge on any atom is -0.497 e. The van der Waals surface area contributed by atoms with Crippen LogP contribution < -0.4 is 24.8 Å². The number of aromatic nitrogens is 2. The fourth-order valence-corrected chi connectivity index (χ4v) is 8.98. The predicted molar refractivity (Wildman–Crippen MR) is 203 cm³/mol. The van der Waals surface area contributed by atoms with E-state index in [4.69, 9.17) is 14.2 Å². The molecule has 4 amide bonds. The molecule has 7 atom stereocenters. The van der Waals surface area contributed by atoms with Gasteiger partial charge in [-0.25, -0.2) is 13.2 Å². The summed E-state index contributed by atoms with van der Waals surface area (Å²) in [7, 11) is -2.45. The van der Waals surface area contributed by atoms with E-state index in [1.54, 1.807) is 53.0 Å². The highest BCUT2D eigenvalue weighted by atomic mass is 32.2. The number of methoxy groups -OCH3 is 1. The number of rotatable bonds is 8. The first-order valence-electron chi connectivity index (χ1n) is 19.2. The fourth-order valence-electron chi connectivity index (χ4n) is 7.67. The van der Waals surface area contributed by atoms with Gasteiger partial charge in [-0.1, -0.05) is 32.4 Å². The molecule has 4 aliphatic rings. The number of fused-ring (bicyclic) bond motifs is 3. The summed E-state index contributed by atoms with van der Waals surface area (Å²) < 4.78 is 45.0. The average molecular weight is 783 g/mol. The maximum Gasteiger partial charge on any atom is 0.408 e. The summed E-state index contributed by atoms with van der Waals surface area (Å²) in [6.45, 7) is 10.8. The number of nitrogens with one attached hydrogen (secondary N) is 3. The second kappa shape index (κ2) is 15.2. The van der Waals surface area contributed by atoms with Crippen LogP contribution in [0.4, 0.5) is 4.79 Å². The lowest BCUT2D eigenvalue weighted by Crippen LogP contribution is -2.59. The van der Waals surface area contributed by atoms with Crippen LogP contribution in [-0.4, -0.2) is 95.1 Å². The van der Waals surface area contributed by atoms with Crippen molar-refractivity contribution in [1.29, 1.82) is 0 Å². The highest BCUT2D eigenvalue weighted by Gasteiger charge is 2.63. The maximum atomic E-state index is 14.9. The Morgan fingerprint density at radius 3 is 2.56 bits per heavy atom. The molecule has 0 radical (unpaired) electrons. The van der Waals surface area contributed by atoms with E-state index in [-0.39, 0.29) is 31.2 Å². The van der Waals surface area contributed by atoms with Gasteiger partial charge in [-0.2, -0.15) is 10.2 Å². The minimum absolute atomic E-state index is 0.0232. The lowest BCUT2D eigenvalue weighted by atomic mass is 9.85. The minimum atomic E-state index is -4.00. The van der Waals surface area contributed by atoms with E-state index < -0.39 is 73.8 Å². The maximum absolute atomic E-state index is 14.9. The van der Waals surface area contributed by atoms with E-state index in [9.17, 15) is 27.6 Å². The van der Waals surface area contributed by atoms with E-state index in [0.717, 1.165) is 6.42 Å². The highest BCUT2D eigenvalue weighted by Crippen LogP contribution is 2.47. The monoisotopic (exact) mass is 782 g/mol. The molecule has 2 aromatic rings. The molecular formula is C39H54N6O9S. The van der Waals surface area contributed by atoms with Gasteiger partial charge in [0.25, 0.3) is 5.91 Å². The largest absolute Gasteiger partial charge is 0.497 e. The van der Waals surface area contributed by atoms with Gasteiger partial charge in [0.2, 0.25) is 21.8 Å². The molecule has 3 N–H and O–H groups in total. The Bertz CT molecular complexity index is 1960. The molecule has 1 aromatic heterocycles. The highest BCUT2D eigenvalue weighted by molar-refractivity contribution is 7.91. The zero-order valence-electron chi connectivity index (χ0n) is 32.7. The molecule has 2 aliphatic carbocycles. The zero-order chi connectivity index (χ0) is 39.9. The third kappa shape index (κ3) is 8.68. The molecule has 1 unspecified atom stereocenters. The third-order valence-electron chi connectivity index (χ3n) is 11.4. The first-order valence-corrected chi connectivity index (χ1v) is 20.7. The summed E-state index contributed by atoms with van der Waals surface area (Å²) >= 11 is 0. The van der Waals surface area contributed by atoms with Gasteiger partial charge in [0.1, 0.15) is 46.3 Å². The lowest BCUT2D eigenvalue weighted by Gasteiger charge is -2.34. The molecule has 3 heterocycles. The lowest BCUT2D eigenvalue weighted by molar-refractivity contribution is -0.142. The number of allylic oxidation sites excluding steroid dienone is 1. The van der Waals surface area contributed by atoms with E-state index in [2.05, 4.69) is 32.5 Å². The SMILES string of the molecule is CC[C@@H]1C[C@H](C)CC/C=C\C2C[C@@]2(C(=O)NS(=O)(=O)C2(C)CC2)NC(=O)[C@@H]2C[C@@H](Oc3cnnc4cc(OC)ccc34)CN2C(=O)[C@H]1NC(=O)OC(C)(C)C. The number of ether oxygens (including phenoxy) is 3. The molecule has 1 aromatic carbocycles. The Morgan fingerprint density at radius 2 is 1.89 bits per heavy atom. The second-order valence-electron chi connectivity index (χ2n) is 16.9. The van der Waals surface area contributed by atoms with Crippen molar-refractivity contribution in [2.75, 3.05) is 13.7 Å². The van der Waals surface area contributed by atoms with Crippen molar-refractivity contribution in [3.05, 3.63) is 36.5 Å². The van der Waals surface area contributed by atoms with E-state index in [0.29, 0.717) is 54.5 Å². The summed E-state index contributed by atoms with van der Waals surface area (Å²) in [5, 5.41) is 14.7. The Kier molecular flexibility index (Phi) is 11.1. The topological polar surface area (TPSA) is 195 Å². The molecule has 55 heavy (non-hydrogen) atoms. The third-order valence-corrected chi connectivity index (χ3v) is 13.5. The number of alkyl carbamates (subject to hydrolysis) is 1. The van der Waals surface area contributed by atoms with Crippen LogP contribution >= 0.6 is 0 Å². The summed E-state index contributed by atoms with van der Waals surface area (Å²) in [6, 6.07) is 3.10. The van der Waals surface area contributed by atoms with Crippen molar-refractivity contribution < 1.29 is 41.8 Å². The van der Waals surface area contributed by atoms with Crippen LogP contribution in [0.3, 0.4) is 0 Å². The number of amides is 4. The molecule has 2 aliphatic heterocycles. The number of hydrogen-bond acceptors (Lipinski definition) is 11. The number of benzene rings is 1. The van der Waals surface area contributed by atoms with Crippen LogP contribution in [-0.2, 0) is 29.1 Å². The normalized spacial score (nSPS) is 30.1. The molecule has 16 heteroatoms. The van der Waals surface area contributed by atoms with Gasteiger partial charge in [0, 0.05) is 23.8 Å². The summed E-state index contributed by atoms with van der Waals surface area (Å²) in [5.74, 6) is -1.53. The molecule has 3 fully saturated rings. The summed E-state index contributed by atoms with van der Waals surface area (Å²) in [6.07, 6.45) is 7.59. The van der Waals surface area contributed by atoms with Crippen LogP contribution in [0.25, 0.3) is 10.9 Å². The van der Waals surface area contributed by atoms with Gasteiger partial charge in [-0.15, -0.1) is 0 Å². The van der Waals surface area contributed by atoms with Gasteiger partial charge in [-0.3, -0.25) is 19.1 Å². The number of hydrogen-bond donors (Lipinski definition) is 3. The Labute approximate surface area is 322 Å². The van der Waals surface area contributed by atoms with Crippen LogP contribution in [0.1, 0.15) is 92.9 Å². The number of nitrogens with zero attached hydrogens (tertiary/aromatic N) is 3. The zero-order valence-corrected chi connectivity index (χ0v) is 33.5. The molecule has 6 rings (SSSR count). The van der Waals surface area contributed by atoms with Gasteiger partial charge in [0.05, 0.1) is 24.6 Å². The number of sulfonamides is 1. The Hall–Kier alpha value is -4.47. The number of carbonyl (C=O) groups is 4. The average Bonchev–Trinajstić information content (AvgIpc) is 4.00. The molecular weight excluding hydrogens is 729 g/mol. The quantitative estimate of drug-likeness (QED) is 0.326. The van der Waals surface area contributed by atoms with Crippen molar-refractivity contribution in [2.24, 2.45) is 17.8 Å². The second-order valence-corrected chi connectivity index (χ2v) is 19.1. The van der Waals surface area contributed by atoms with Crippen molar-refractivity contribution in [2.45, 2.75) is 127 Å². The first-order chi connectivity index (χ1) is 25.9. The van der Waals surface area contributed by atoms with Crippen LogP contribution in [0, 0.1) is 17.8 Å². The molecule has 300 valence electrons. The fraction of sp³-hybridized carbons (Fsp3) is 0.641. The van der Waals surface area contributed by atoms with Crippen LogP contribution in [0.15, 0.2) is 36.5 Å². The van der Waals surface area contributed by atoms with Crippen molar-refractivity contribution in [3.63, 3.8) is 0 Å².